The molecule has 0 aromatic carbocycles. The van der Waals surface area contributed by atoms with Gasteiger partial charge in [0, 0.05) is 11.5 Å². The second-order valence-corrected chi connectivity index (χ2v) is 6.35. The van der Waals surface area contributed by atoms with E-state index >= 15 is 0 Å². The molecule has 0 aromatic heterocycles. The normalized spacial score (nSPS) is 36.5. The van der Waals surface area contributed by atoms with Gasteiger partial charge in [-0.25, -0.2) is 5.06 Å². The zero-order chi connectivity index (χ0) is 15.5. The molecule has 6 heteroatoms. The number of ether oxygens (including phenoxy) is 1. The van der Waals surface area contributed by atoms with Crippen molar-refractivity contribution >= 4 is 5.71 Å². The predicted octanol–water partition coefficient (Wildman–Crippen LogP) is 3.30. The summed E-state index contributed by atoms with van der Waals surface area (Å²) in [6.45, 7) is 4.06. The Morgan fingerprint density at radius 1 is 1.32 bits per heavy atom. The van der Waals surface area contributed by atoms with Gasteiger partial charge in [0.05, 0.1) is 17.5 Å². The van der Waals surface area contributed by atoms with Crippen molar-refractivity contribution < 1.29 is 9.94 Å². The fourth-order valence-electron chi connectivity index (χ4n) is 3.66. The van der Waals surface area contributed by atoms with Crippen molar-refractivity contribution in [3.8, 4) is 0 Å². The van der Waals surface area contributed by atoms with Crippen LogP contribution in [0.25, 0.3) is 0 Å². The van der Waals surface area contributed by atoms with Gasteiger partial charge < -0.3 is 10.1 Å². The van der Waals surface area contributed by atoms with Crippen LogP contribution in [0.4, 0.5) is 0 Å². The summed E-state index contributed by atoms with van der Waals surface area (Å²) in [5, 5.41) is 28.0. The Bertz CT molecular complexity index is 698. The Kier molecular flexibility index (Phi) is 2.76. The average molecular weight is 298 g/mol. The first-order valence-electron chi connectivity index (χ1n) is 7.52. The summed E-state index contributed by atoms with van der Waals surface area (Å²) in [5.74, 6) is 0.536. The van der Waals surface area contributed by atoms with Crippen LogP contribution >= 0.6 is 0 Å². The van der Waals surface area contributed by atoms with Gasteiger partial charge in [-0.05, 0) is 51.0 Å². The molecule has 0 aromatic rings. The van der Waals surface area contributed by atoms with E-state index in [0.29, 0.717) is 11.5 Å². The second kappa shape index (κ2) is 4.47. The van der Waals surface area contributed by atoms with Gasteiger partial charge in [-0.15, -0.1) is 10.2 Å². The Balaban J connectivity index is 1.81. The molecule has 2 N–H and O–H groups in total. The maximum Gasteiger partial charge on any atom is 0.186 e. The van der Waals surface area contributed by atoms with Crippen molar-refractivity contribution in [1.82, 2.24) is 5.06 Å². The first kappa shape index (κ1) is 13.6. The summed E-state index contributed by atoms with van der Waals surface area (Å²) in [4.78, 5) is 0. The number of rotatable bonds is 0. The first-order chi connectivity index (χ1) is 10.5. The van der Waals surface area contributed by atoms with Gasteiger partial charge in [0.25, 0.3) is 0 Å². The van der Waals surface area contributed by atoms with E-state index in [-0.39, 0.29) is 12.0 Å². The number of azo groups is 1. The molecule has 5 rings (SSSR count). The zero-order valence-electron chi connectivity index (χ0n) is 12.6. The Morgan fingerprint density at radius 3 is 2.73 bits per heavy atom. The van der Waals surface area contributed by atoms with Gasteiger partial charge in [-0.3, -0.25) is 5.21 Å². The van der Waals surface area contributed by atoms with Crippen LogP contribution < -0.4 is 0 Å². The third kappa shape index (κ3) is 1.77. The molecular weight excluding hydrogens is 280 g/mol. The highest BCUT2D eigenvalue weighted by Gasteiger charge is 2.52. The van der Waals surface area contributed by atoms with Crippen molar-refractivity contribution in [2.75, 3.05) is 0 Å². The van der Waals surface area contributed by atoms with Gasteiger partial charge >= 0.3 is 0 Å². The summed E-state index contributed by atoms with van der Waals surface area (Å²) in [6.07, 6.45) is 8.82. The fraction of sp³-hybridized carbons (Fsp3) is 0.438. The fourth-order valence-corrected chi connectivity index (χ4v) is 3.66. The monoisotopic (exact) mass is 298 g/mol. The number of hydroxylamine groups is 2. The van der Waals surface area contributed by atoms with E-state index in [1.807, 2.05) is 13.8 Å². The van der Waals surface area contributed by atoms with Gasteiger partial charge in [0.2, 0.25) is 0 Å². The number of hydrogen-bond donors (Lipinski definition) is 2. The van der Waals surface area contributed by atoms with Crippen LogP contribution in [0.3, 0.4) is 0 Å². The smallest absolute Gasteiger partial charge is 0.186 e. The first-order valence-corrected chi connectivity index (χ1v) is 7.52. The van der Waals surface area contributed by atoms with Crippen LogP contribution in [0.2, 0.25) is 0 Å². The average Bonchev–Trinajstić information content (AvgIpc) is 2.49. The molecule has 114 valence electrons. The van der Waals surface area contributed by atoms with Gasteiger partial charge in [0.1, 0.15) is 11.3 Å². The van der Waals surface area contributed by atoms with Gasteiger partial charge in [-0.1, -0.05) is 0 Å². The molecule has 0 spiro atoms. The topological polar surface area (TPSA) is 81.3 Å². The molecule has 3 aliphatic heterocycles. The van der Waals surface area contributed by atoms with Crippen LogP contribution in [-0.4, -0.2) is 27.7 Å². The number of nitrogens with zero attached hydrogens (tertiary/aromatic N) is 3. The predicted molar refractivity (Wildman–Crippen MR) is 80.2 cm³/mol. The quantitative estimate of drug-likeness (QED) is 0.720. The molecule has 3 unspecified atom stereocenters. The molecular formula is C16H18N4O2. The van der Waals surface area contributed by atoms with E-state index in [1.165, 1.54) is 5.06 Å². The highest BCUT2D eigenvalue weighted by Crippen LogP contribution is 2.51. The standard InChI is InChI=1S/C16H18N4O2/c1-9-12-7-8-16(2,22-9)14-13(12)20(21)15(19-18-14)10-3-5-11(17)6-4-10/h3-6,9,12,17,21H,7-8H2,1-2H3. The summed E-state index contributed by atoms with van der Waals surface area (Å²) in [6, 6.07) is 0. The molecule has 3 heterocycles. The van der Waals surface area contributed by atoms with Crippen LogP contribution in [0.15, 0.2) is 57.3 Å². The van der Waals surface area contributed by atoms with Gasteiger partial charge in [0.15, 0.2) is 5.82 Å². The molecule has 6 nitrogen and oxygen atoms in total. The largest absolute Gasteiger partial charge is 0.365 e. The van der Waals surface area contributed by atoms with E-state index in [9.17, 15) is 5.21 Å². The van der Waals surface area contributed by atoms with Crippen molar-refractivity contribution in [2.24, 2.45) is 16.1 Å². The van der Waals surface area contributed by atoms with Crippen LogP contribution in [0.1, 0.15) is 26.7 Å². The van der Waals surface area contributed by atoms with E-state index in [2.05, 4.69) is 10.2 Å². The van der Waals surface area contributed by atoms with E-state index in [4.69, 9.17) is 10.1 Å². The summed E-state index contributed by atoms with van der Waals surface area (Å²) in [7, 11) is 0. The molecule has 2 aliphatic carbocycles. The van der Waals surface area contributed by atoms with Crippen molar-refractivity contribution in [1.29, 1.82) is 5.41 Å². The third-order valence-corrected chi connectivity index (χ3v) is 4.86. The van der Waals surface area contributed by atoms with Crippen LogP contribution in [-0.2, 0) is 4.74 Å². The lowest BCUT2D eigenvalue weighted by Gasteiger charge is -2.50. The highest BCUT2D eigenvalue weighted by molar-refractivity contribution is 6.03. The molecule has 0 amide bonds. The number of hydrogen-bond acceptors (Lipinski definition) is 6. The summed E-state index contributed by atoms with van der Waals surface area (Å²) < 4.78 is 6.06. The molecule has 1 fully saturated rings. The number of allylic oxidation sites excluding steroid dienone is 5. The number of fused-ring (bicyclic) bond motifs is 2. The molecule has 1 saturated heterocycles. The minimum absolute atomic E-state index is 0.0531. The lowest BCUT2D eigenvalue weighted by molar-refractivity contribution is -0.154. The Morgan fingerprint density at radius 2 is 2.05 bits per heavy atom. The van der Waals surface area contributed by atoms with E-state index < -0.39 is 5.60 Å². The Hall–Kier alpha value is -2.05. The lowest BCUT2D eigenvalue weighted by atomic mass is 9.74. The van der Waals surface area contributed by atoms with Crippen molar-refractivity contribution in [3.63, 3.8) is 0 Å². The van der Waals surface area contributed by atoms with E-state index in [1.54, 1.807) is 24.3 Å². The van der Waals surface area contributed by atoms with Crippen molar-refractivity contribution in [3.05, 3.63) is 47.1 Å². The molecule has 22 heavy (non-hydrogen) atoms. The van der Waals surface area contributed by atoms with Crippen molar-refractivity contribution in [2.45, 2.75) is 38.4 Å². The second-order valence-electron chi connectivity index (χ2n) is 6.35. The molecule has 0 saturated carbocycles. The highest BCUT2D eigenvalue weighted by atomic mass is 16.5. The maximum atomic E-state index is 10.7. The Labute approximate surface area is 128 Å². The van der Waals surface area contributed by atoms with E-state index in [0.717, 1.165) is 29.8 Å². The molecule has 3 atom stereocenters. The molecule has 0 radical (unpaired) electrons. The third-order valence-electron chi connectivity index (χ3n) is 4.86. The van der Waals surface area contributed by atoms with Crippen LogP contribution in [0.5, 0.6) is 0 Å². The maximum absolute atomic E-state index is 10.7. The summed E-state index contributed by atoms with van der Waals surface area (Å²) >= 11 is 0. The zero-order valence-corrected chi connectivity index (χ0v) is 12.6. The molecule has 2 bridgehead atoms. The SMILES string of the molecule is CC1OC2(C)CCC1C1=C2N=NC(=C2C=CC(=N)C=C2)N1O. The van der Waals surface area contributed by atoms with Gasteiger partial charge in [-0.2, -0.15) is 0 Å². The summed E-state index contributed by atoms with van der Waals surface area (Å²) in [5.41, 5.74) is 2.25. The van der Waals surface area contributed by atoms with Crippen LogP contribution in [0, 0.1) is 11.3 Å². The number of nitrogens with one attached hydrogen (secondary N) is 1. The minimum Gasteiger partial charge on any atom is -0.365 e. The minimum atomic E-state index is -0.468. The lowest BCUT2D eigenvalue weighted by Crippen LogP contribution is -2.52. The molecule has 5 aliphatic rings.